The molecule has 0 spiro atoms. The van der Waals surface area contributed by atoms with Gasteiger partial charge in [0.2, 0.25) is 0 Å². The number of benzene rings is 2. The van der Waals surface area contributed by atoms with E-state index in [1.807, 2.05) is 9.95 Å². The van der Waals surface area contributed by atoms with Crippen molar-refractivity contribution in [3.63, 3.8) is 0 Å². The van der Waals surface area contributed by atoms with Crippen LogP contribution in [0.25, 0.3) is 11.3 Å². The molecule has 0 N–H and O–H groups in total. The molecular weight excluding hydrogens is 464 g/mol. The van der Waals surface area contributed by atoms with E-state index in [0.29, 0.717) is 28.9 Å². The van der Waals surface area contributed by atoms with Gasteiger partial charge in [-0.05, 0) is 66.9 Å². The van der Waals surface area contributed by atoms with Crippen molar-refractivity contribution in [3.8, 4) is 17.0 Å². The van der Waals surface area contributed by atoms with Crippen LogP contribution in [0, 0.1) is 0 Å². The summed E-state index contributed by atoms with van der Waals surface area (Å²) in [6, 6.07) is 13.1. The van der Waals surface area contributed by atoms with Gasteiger partial charge in [0.25, 0.3) is 5.76 Å². The summed E-state index contributed by atoms with van der Waals surface area (Å²) < 4.78 is 62.3. The van der Waals surface area contributed by atoms with Crippen molar-refractivity contribution in [1.29, 1.82) is 0 Å². The first kappa shape index (κ1) is 22.9. The predicted molar refractivity (Wildman–Crippen MR) is 117 cm³/mol. The van der Waals surface area contributed by atoms with Crippen LogP contribution in [0.4, 0.5) is 23.2 Å². The highest BCUT2D eigenvalue weighted by Crippen LogP contribution is 2.28. The van der Waals surface area contributed by atoms with Gasteiger partial charge in [-0.15, -0.1) is 11.3 Å². The number of halogens is 4. The molecular formula is C22H20F4N2O2S2. The van der Waals surface area contributed by atoms with E-state index in [2.05, 4.69) is 4.74 Å². The van der Waals surface area contributed by atoms with Crippen LogP contribution in [0.5, 0.6) is 5.75 Å². The van der Waals surface area contributed by atoms with Crippen LogP contribution in [-0.2, 0) is 11.3 Å². The second kappa shape index (κ2) is 10.5. The summed E-state index contributed by atoms with van der Waals surface area (Å²) in [5, 5.41) is 1.96. The van der Waals surface area contributed by atoms with E-state index in [-0.39, 0.29) is 11.9 Å². The second-order valence-corrected chi connectivity index (χ2v) is 8.94. The Bertz CT molecular complexity index is 1080. The highest BCUT2D eigenvalue weighted by molar-refractivity contribution is 7.99. The predicted octanol–water partition coefficient (Wildman–Crippen LogP) is 6.54. The van der Waals surface area contributed by atoms with Gasteiger partial charge < -0.3 is 14.0 Å². The van der Waals surface area contributed by atoms with E-state index >= 15 is 0 Å². The zero-order chi connectivity index (χ0) is 22.5. The van der Waals surface area contributed by atoms with Crippen molar-refractivity contribution in [1.82, 2.24) is 4.57 Å². The molecule has 4 rings (SSSR count). The number of alkyl halides is 4. The average Bonchev–Trinajstić information content (AvgIpc) is 3.40. The van der Waals surface area contributed by atoms with E-state index in [4.69, 9.17) is 9.73 Å². The summed E-state index contributed by atoms with van der Waals surface area (Å²) in [4.78, 5) is 5.92. The van der Waals surface area contributed by atoms with Gasteiger partial charge in [-0.25, -0.2) is 4.99 Å². The topological polar surface area (TPSA) is 35.8 Å². The minimum atomic E-state index is -2.87. The number of thiazole rings is 1. The first-order chi connectivity index (χ1) is 15.5. The lowest BCUT2D eigenvalue weighted by Gasteiger charge is -2.14. The van der Waals surface area contributed by atoms with Gasteiger partial charge in [0.05, 0.1) is 24.0 Å². The third-order valence-corrected chi connectivity index (χ3v) is 6.46. The lowest BCUT2D eigenvalue weighted by atomic mass is 10.1. The van der Waals surface area contributed by atoms with Crippen LogP contribution >= 0.6 is 23.1 Å². The van der Waals surface area contributed by atoms with Crippen molar-refractivity contribution < 1.29 is 27.0 Å². The van der Waals surface area contributed by atoms with Gasteiger partial charge in [0, 0.05) is 16.9 Å². The summed E-state index contributed by atoms with van der Waals surface area (Å²) >= 11 is 1.94. The fourth-order valence-electron chi connectivity index (χ4n) is 3.44. The number of nitrogens with zero attached hydrogens (tertiary/aromatic N) is 2. The maximum atomic E-state index is 12.5. The summed E-state index contributed by atoms with van der Waals surface area (Å²) in [7, 11) is 0. The summed E-state index contributed by atoms with van der Waals surface area (Å²) in [5.41, 5.74) is 2.38. The fourth-order valence-corrected chi connectivity index (χ4v) is 4.88. The van der Waals surface area contributed by atoms with Gasteiger partial charge in [-0.2, -0.15) is 17.6 Å². The summed E-state index contributed by atoms with van der Waals surface area (Å²) in [6.45, 7) is -1.55. The molecule has 1 atom stereocenters. The number of ether oxygens (including phenoxy) is 2. The van der Waals surface area contributed by atoms with Crippen LogP contribution in [-0.4, -0.2) is 29.6 Å². The summed E-state index contributed by atoms with van der Waals surface area (Å²) in [5.74, 6) is -2.37. The number of thioether (sulfide) groups is 1. The van der Waals surface area contributed by atoms with Gasteiger partial charge in [-0.1, -0.05) is 11.8 Å². The Kier molecular flexibility index (Phi) is 7.54. The summed E-state index contributed by atoms with van der Waals surface area (Å²) in [6.07, 6.45) is 2.01. The van der Waals surface area contributed by atoms with E-state index in [1.165, 1.54) is 23.5 Å². The van der Waals surface area contributed by atoms with Crippen LogP contribution in [0.2, 0.25) is 0 Å². The van der Waals surface area contributed by atoms with Crippen LogP contribution in [0.3, 0.4) is 0 Å². The smallest absolute Gasteiger partial charge is 0.387 e. The maximum absolute atomic E-state index is 12.5. The van der Waals surface area contributed by atoms with Gasteiger partial charge in [0.1, 0.15) is 5.75 Å². The number of hydrogen-bond donors (Lipinski definition) is 0. The third kappa shape index (κ3) is 5.93. The molecule has 0 saturated carbocycles. The van der Waals surface area contributed by atoms with Crippen LogP contribution in [0.1, 0.15) is 12.8 Å². The molecule has 1 unspecified atom stereocenters. The molecule has 1 aliphatic rings. The molecule has 0 radical (unpaired) electrons. The van der Waals surface area contributed by atoms with Gasteiger partial charge in [-0.3, -0.25) is 0 Å². The molecule has 0 bridgehead atoms. The highest BCUT2D eigenvalue weighted by atomic mass is 32.2. The Morgan fingerprint density at radius 1 is 1.09 bits per heavy atom. The van der Waals surface area contributed by atoms with Gasteiger partial charge >= 0.3 is 6.61 Å². The standard InChI is InChI=1S/C22H20F4N2O2S2/c23-20(24)30-16-7-3-14(4-8-16)19-13-31-22(28(19)12-17-2-1-11-29-17)27-15-5-9-18(10-6-15)32-21(25)26/h3-10,13,17,20-21H,1-2,11-12H2. The molecule has 0 aliphatic carbocycles. The van der Waals surface area contributed by atoms with Crippen molar-refractivity contribution in [2.75, 3.05) is 6.61 Å². The molecule has 170 valence electrons. The number of hydrogen-bond acceptors (Lipinski definition) is 5. The largest absolute Gasteiger partial charge is 0.435 e. The van der Waals surface area contributed by atoms with Crippen LogP contribution in [0.15, 0.2) is 63.8 Å². The molecule has 3 aromatic rings. The van der Waals surface area contributed by atoms with Crippen molar-refractivity contribution in [2.24, 2.45) is 4.99 Å². The molecule has 4 nitrogen and oxygen atoms in total. The molecule has 10 heteroatoms. The second-order valence-electron chi connectivity index (χ2n) is 7.04. The van der Waals surface area contributed by atoms with E-state index in [9.17, 15) is 17.6 Å². The van der Waals surface area contributed by atoms with Gasteiger partial charge in [0.15, 0.2) is 4.80 Å². The average molecular weight is 485 g/mol. The zero-order valence-corrected chi connectivity index (χ0v) is 18.4. The van der Waals surface area contributed by atoms with Crippen LogP contribution < -0.4 is 9.54 Å². The Balaban J connectivity index is 1.66. The lowest BCUT2D eigenvalue weighted by molar-refractivity contribution is -0.0498. The molecule has 1 aromatic heterocycles. The molecule has 1 fully saturated rings. The SMILES string of the molecule is FC(F)Oc1ccc(-c2csc(=Nc3ccc(SC(F)F)cc3)n2CC2CCCO2)cc1. The monoisotopic (exact) mass is 484 g/mol. The first-order valence-corrected chi connectivity index (χ1v) is 11.7. The number of rotatable bonds is 8. The molecule has 0 amide bonds. The molecule has 1 saturated heterocycles. The normalized spacial score (nSPS) is 16.9. The minimum Gasteiger partial charge on any atom is -0.435 e. The maximum Gasteiger partial charge on any atom is 0.387 e. The molecule has 32 heavy (non-hydrogen) atoms. The lowest BCUT2D eigenvalue weighted by Crippen LogP contribution is -2.24. The van der Waals surface area contributed by atoms with Crippen molar-refractivity contribution >= 4 is 28.8 Å². The number of aromatic nitrogens is 1. The molecule has 2 heterocycles. The van der Waals surface area contributed by atoms with Crippen molar-refractivity contribution in [2.45, 2.75) is 42.8 Å². The van der Waals surface area contributed by atoms with E-state index < -0.39 is 12.4 Å². The van der Waals surface area contributed by atoms with Crippen molar-refractivity contribution in [3.05, 3.63) is 58.7 Å². The Labute approximate surface area is 190 Å². The Morgan fingerprint density at radius 2 is 1.84 bits per heavy atom. The fraction of sp³-hybridized carbons (Fsp3) is 0.318. The Hall–Kier alpha value is -2.30. The highest BCUT2D eigenvalue weighted by Gasteiger charge is 2.19. The minimum absolute atomic E-state index is 0.0635. The van der Waals surface area contributed by atoms with E-state index in [0.717, 1.165) is 35.5 Å². The zero-order valence-electron chi connectivity index (χ0n) is 16.8. The molecule has 1 aliphatic heterocycles. The van der Waals surface area contributed by atoms with E-state index in [1.54, 1.807) is 36.4 Å². The molecule has 2 aromatic carbocycles. The quantitative estimate of drug-likeness (QED) is 0.269. The Morgan fingerprint density at radius 3 is 2.47 bits per heavy atom. The first-order valence-electron chi connectivity index (χ1n) is 9.93. The third-order valence-electron chi connectivity index (χ3n) is 4.87.